The Balaban J connectivity index is 2.65. The Morgan fingerprint density at radius 3 is 2.64 bits per heavy atom. The molecule has 2 N–H and O–H groups in total. The number of rotatable bonds is 7. The average molecular weight is 307 g/mol. The highest BCUT2D eigenvalue weighted by atomic mass is 16.3. The summed E-state index contributed by atoms with van der Waals surface area (Å²) >= 11 is 0. The summed E-state index contributed by atoms with van der Waals surface area (Å²) in [6, 6.07) is 3.74. The zero-order valence-corrected chi connectivity index (χ0v) is 14.3. The zero-order valence-electron chi connectivity index (χ0n) is 14.3. The van der Waals surface area contributed by atoms with Crippen molar-refractivity contribution in [2.24, 2.45) is 5.41 Å². The summed E-state index contributed by atoms with van der Waals surface area (Å²) in [5.41, 5.74) is 0.878. The van der Waals surface area contributed by atoms with Crippen LogP contribution in [-0.2, 0) is 0 Å². The fraction of sp³-hybridized carbons (Fsp3) is 0.647. The summed E-state index contributed by atoms with van der Waals surface area (Å²) in [5, 5.41) is 12.5. The maximum absolute atomic E-state index is 12.5. The molecule has 2 unspecified atom stereocenters. The van der Waals surface area contributed by atoms with E-state index in [9.17, 15) is 9.90 Å². The van der Waals surface area contributed by atoms with Crippen molar-refractivity contribution in [3.63, 3.8) is 0 Å². The van der Waals surface area contributed by atoms with Crippen molar-refractivity contribution in [1.29, 1.82) is 0 Å². The molecule has 0 saturated heterocycles. The number of aliphatic hydroxyl groups excluding tert-OH is 1. The van der Waals surface area contributed by atoms with E-state index in [1.165, 1.54) is 0 Å². The smallest absolute Gasteiger partial charge is 0.317 e. The molecule has 1 aromatic rings. The molecule has 0 aliphatic rings. The Hall–Kier alpha value is -1.62. The molecular formula is C17H29N3O2. The molecule has 0 aliphatic heterocycles. The van der Waals surface area contributed by atoms with Gasteiger partial charge in [-0.05, 0) is 44.2 Å². The van der Waals surface area contributed by atoms with Crippen LogP contribution in [0.3, 0.4) is 0 Å². The highest BCUT2D eigenvalue weighted by Gasteiger charge is 2.24. The van der Waals surface area contributed by atoms with Gasteiger partial charge in [0.15, 0.2) is 0 Å². The number of urea groups is 1. The third kappa shape index (κ3) is 5.64. The number of nitrogens with one attached hydrogen (secondary N) is 1. The van der Waals surface area contributed by atoms with Crippen LogP contribution >= 0.6 is 0 Å². The summed E-state index contributed by atoms with van der Waals surface area (Å²) in [6.07, 6.45) is 3.80. The maximum Gasteiger partial charge on any atom is 0.317 e. The van der Waals surface area contributed by atoms with E-state index < -0.39 is 0 Å². The number of aromatic nitrogens is 1. The second-order valence-corrected chi connectivity index (χ2v) is 6.62. The number of aliphatic hydroxyl groups is 1. The van der Waals surface area contributed by atoms with Crippen LogP contribution in [0.25, 0.3) is 0 Å². The molecule has 0 spiro atoms. The molecule has 2 amide bonds. The second kappa shape index (κ2) is 8.13. The Kier molecular flexibility index (Phi) is 6.81. The molecule has 1 rings (SSSR count). The van der Waals surface area contributed by atoms with Crippen LogP contribution in [0, 0.1) is 5.41 Å². The topological polar surface area (TPSA) is 65.5 Å². The van der Waals surface area contributed by atoms with Crippen LogP contribution < -0.4 is 5.32 Å². The minimum absolute atomic E-state index is 0.0291. The number of carbonyl (C=O) groups is 1. The lowest BCUT2D eigenvalue weighted by Gasteiger charge is -2.31. The minimum atomic E-state index is -0.372. The predicted molar refractivity (Wildman–Crippen MR) is 88.5 cm³/mol. The SMILES string of the molecule is CCN(C(=O)NCC(C)(C)CC(C)O)C(C)c1cccnc1. The quantitative estimate of drug-likeness (QED) is 0.814. The molecule has 0 aromatic carbocycles. The molecule has 0 radical (unpaired) electrons. The van der Waals surface area contributed by atoms with Crippen molar-refractivity contribution in [3.8, 4) is 0 Å². The Morgan fingerprint density at radius 1 is 1.45 bits per heavy atom. The van der Waals surface area contributed by atoms with Crippen LogP contribution in [0.4, 0.5) is 4.79 Å². The van der Waals surface area contributed by atoms with Crippen molar-refractivity contribution < 1.29 is 9.90 Å². The van der Waals surface area contributed by atoms with E-state index in [0.717, 1.165) is 5.56 Å². The third-order valence-corrected chi connectivity index (χ3v) is 3.80. The highest BCUT2D eigenvalue weighted by Crippen LogP contribution is 2.22. The summed E-state index contributed by atoms with van der Waals surface area (Å²) < 4.78 is 0. The average Bonchev–Trinajstić information content (AvgIpc) is 2.45. The fourth-order valence-electron chi connectivity index (χ4n) is 2.68. The van der Waals surface area contributed by atoms with E-state index in [2.05, 4.69) is 10.3 Å². The van der Waals surface area contributed by atoms with Crippen molar-refractivity contribution in [2.45, 2.75) is 53.2 Å². The third-order valence-electron chi connectivity index (χ3n) is 3.80. The summed E-state index contributed by atoms with van der Waals surface area (Å²) in [7, 11) is 0. The van der Waals surface area contributed by atoms with Gasteiger partial charge in [0.25, 0.3) is 0 Å². The molecule has 124 valence electrons. The van der Waals surface area contributed by atoms with Crippen LogP contribution in [-0.4, -0.2) is 40.2 Å². The molecule has 1 aromatic heterocycles. The predicted octanol–water partition coefficient (Wildman–Crippen LogP) is 2.97. The Bertz CT molecular complexity index is 460. The van der Waals surface area contributed by atoms with Gasteiger partial charge in [-0.2, -0.15) is 0 Å². The largest absolute Gasteiger partial charge is 0.393 e. The number of amides is 2. The number of hydrogen-bond acceptors (Lipinski definition) is 3. The monoisotopic (exact) mass is 307 g/mol. The van der Waals surface area contributed by atoms with Crippen molar-refractivity contribution in [2.75, 3.05) is 13.1 Å². The van der Waals surface area contributed by atoms with Gasteiger partial charge in [0, 0.05) is 25.5 Å². The molecule has 0 bridgehead atoms. The molecule has 0 aliphatic carbocycles. The molecule has 0 saturated carbocycles. The first-order valence-electron chi connectivity index (χ1n) is 7.89. The summed E-state index contributed by atoms with van der Waals surface area (Å²) in [6.45, 7) is 11.0. The second-order valence-electron chi connectivity index (χ2n) is 6.62. The number of nitrogens with zero attached hydrogens (tertiary/aromatic N) is 2. The first kappa shape index (κ1) is 18.4. The van der Waals surface area contributed by atoms with E-state index in [1.54, 1.807) is 24.2 Å². The van der Waals surface area contributed by atoms with Gasteiger partial charge in [0.2, 0.25) is 0 Å². The lowest BCUT2D eigenvalue weighted by molar-refractivity contribution is 0.125. The maximum atomic E-state index is 12.5. The van der Waals surface area contributed by atoms with Crippen molar-refractivity contribution >= 4 is 6.03 Å². The molecule has 5 heteroatoms. The molecule has 22 heavy (non-hydrogen) atoms. The standard InChI is InChI=1S/C17H29N3O2/c1-6-20(14(3)15-8-7-9-18-11-15)16(22)19-12-17(4,5)10-13(2)21/h7-9,11,13-14,21H,6,10,12H2,1-5H3,(H,19,22). The van der Waals surface area contributed by atoms with Gasteiger partial charge in [-0.25, -0.2) is 4.79 Å². The first-order chi connectivity index (χ1) is 10.3. The van der Waals surface area contributed by atoms with Crippen molar-refractivity contribution in [3.05, 3.63) is 30.1 Å². The van der Waals surface area contributed by atoms with Gasteiger partial charge < -0.3 is 15.3 Å². The lowest BCUT2D eigenvalue weighted by Crippen LogP contribution is -2.45. The van der Waals surface area contributed by atoms with Gasteiger partial charge >= 0.3 is 6.03 Å². The molecule has 1 heterocycles. The van der Waals surface area contributed by atoms with Crippen LogP contribution in [0.5, 0.6) is 0 Å². The summed E-state index contributed by atoms with van der Waals surface area (Å²) in [5.74, 6) is 0. The van der Waals surface area contributed by atoms with Crippen LogP contribution in [0.15, 0.2) is 24.5 Å². The fourth-order valence-corrected chi connectivity index (χ4v) is 2.68. The van der Waals surface area contributed by atoms with Gasteiger partial charge in [-0.1, -0.05) is 19.9 Å². The van der Waals surface area contributed by atoms with E-state index in [1.807, 2.05) is 39.8 Å². The van der Waals surface area contributed by atoms with Crippen molar-refractivity contribution in [1.82, 2.24) is 15.2 Å². The van der Waals surface area contributed by atoms with Gasteiger partial charge in [-0.15, -0.1) is 0 Å². The van der Waals surface area contributed by atoms with Gasteiger partial charge in [-0.3, -0.25) is 4.98 Å². The lowest BCUT2D eigenvalue weighted by atomic mass is 9.87. The van der Waals surface area contributed by atoms with E-state index >= 15 is 0 Å². The number of pyridine rings is 1. The van der Waals surface area contributed by atoms with E-state index in [0.29, 0.717) is 19.5 Å². The molecule has 5 nitrogen and oxygen atoms in total. The first-order valence-corrected chi connectivity index (χ1v) is 7.89. The van der Waals surface area contributed by atoms with Gasteiger partial charge in [0.05, 0.1) is 12.1 Å². The minimum Gasteiger partial charge on any atom is -0.393 e. The Morgan fingerprint density at radius 2 is 2.14 bits per heavy atom. The van der Waals surface area contributed by atoms with Crippen LogP contribution in [0.2, 0.25) is 0 Å². The molecule has 2 atom stereocenters. The number of hydrogen-bond donors (Lipinski definition) is 2. The Labute approximate surface area is 133 Å². The normalized spacial score (nSPS) is 14.3. The van der Waals surface area contributed by atoms with E-state index in [-0.39, 0.29) is 23.6 Å². The van der Waals surface area contributed by atoms with Gasteiger partial charge in [0.1, 0.15) is 0 Å². The van der Waals surface area contributed by atoms with Crippen LogP contribution in [0.1, 0.15) is 52.6 Å². The highest BCUT2D eigenvalue weighted by molar-refractivity contribution is 5.74. The summed E-state index contributed by atoms with van der Waals surface area (Å²) in [4.78, 5) is 18.4. The molecule has 0 fully saturated rings. The number of carbonyl (C=O) groups excluding carboxylic acids is 1. The molecular weight excluding hydrogens is 278 g/mol. The van der Waals surface area contributed by atoms with E-state index in [4.69, 9.17) is 0 Å². The zero-order chi connectivity index (χ0) is 16.8.